The fraction of sp³-hybridized carbons (Fsp3) is 0.714. The second kappa shape index (κ2) is 15.3. The van der Waals surface area contributed by atoms with Gasteiger partial charge in [0.1, 0.15) is 57.5 Å². The van der Waals surface area contributed by atoms with Gasteiger partial charge in [0.15, 0.2) is 5.96 Å². The van der Waals surface area contributed by atoms with Gasteiger partial charge in [-0.15, -0.1) is 0 Å². The number of ether oxygens (including phenoxy) is 4. The molecule has 2 aliphatic rings. The van der Waals surface area contributed by atoms with Gasteiger partial charge >= 0.3 is 6.80 Å². The van der Waals surface area contributed by atoms with Crippen molar-refractivity contribution in [1.82, 2.24) is 9.88 Å². The van der Waals surface area contributed by atoms with Crippen LogP contribution in [0.25, 0.3) is 0 Å². The summed E-state index contributed by atoms with van der Waals surface area (Å²) in [5.74, 6) is -0.0830. The van der Waals surface area contributed by atoms with Gasteiger partial charge in [-0.3, -0.25) is 19.3 Å². The van der Waals surface area contributed by atoms with Crippen LogP contribution in [0, 0.1) is 5.41 Å². The number of aliphatic hydroxyl groups excluding tert-OH is 2. The first kappa shape index (κ1) is 34.0. The monoisotopic (exact) mass is 617 g/mol. The predicted molar refractivity (Wildman–Crippen MR) is 160 cm³/mol. The largest absolute Gasteiger partial charge is 0.394 e. The van der Waals surface area contributed by atoms with E-state index in [-0.39, 0.29) is 37.5 Å². The van der Waals surface area contributed by atoms with Crippen LogP contribution in [0.3, 0.4) is 0 Å². The van der Waals surface area contributed by atoms with Crippen LogP contribution in [0.1, 0.15) is 5.69 Å². The maximum absolute atomic E-state index is 14.2. The van der Waals surface area contributed by atoms with Crippen molar-refractivity contribution >= 4 is 58.6 Å². The van der Waals surface area contributed by atoms with Crippen molar-refractivity contribution in [2.45, 2.75) is 54.4 Å². The molecule has 1 aromatic rings. The van der Waals surface area contributed by atoms with Gasteiger partial charge in [-0.25, -0.2) is 4.57 Å². The number of carbonyl (C=O) groups is 1. The zero-order valence-corrected chi connectivity index (χ0v) is 25.6. The maximum Gasteiger partial charge on any atom is 0.390 e. The number of aliphatic hydroxyl groups is 2. The molecular weight excluding hydrogens is 578 g/mol. The number of nitrogens with zero attached hydrogens (tertiary/aromatic N) is 1. The summed E-state index contributed by atoms with van der Waals surface area (Å²) in [5.41, 5.74) is 5.92. The van der Waals surface area contributed by atoms with Gasteiger partial charge in [0, 0.05) is 38.7 Å². The number of anilines is 1. The normalized spacial score (nSPS) is 31.0. The van der Waals surface area contributed by atoms with Crippen LogP contribution >= 0.6 is 18.2 Å². The first-order chi connectivity index (χ1) is 19.5. The summed E-state index contributed by atoms with van der Waals surface area (Å²) in [6.07, 6.45) is -4.63. The lowest BCUT2D eigenvalue weighted by Gasteiger charge is -2.28. The average molecular weight is 617 g/mol. The van der Waals surface area contributed by atoms with Crippen LogP contribution in [-0.2, 0) is 50.2 Å². The number of carbonyl (C=O) groups excluding carboxylic acids is 1. The molecular formula is C21H39B3N5O10PS. The Kier molecular flexibility index (Phi) is 12.7. The molecule has 2 saturated heterocycles. The van der Waals surface area contributed by atoms with Crippen molar-refractivity contribution in [3.05, 3.63) is 17.8 Å². The lowest BCUT2D eigenvalue weighted by atomic mass is 9.50. The molecule has 2 fully saturated rings. The molecule has 0 saturated carbocycles. The molecule has 20 heteroatoms. The predicted octanol–water partition coefficient (Wildman–Crippen LogP) is -3.36. The number of nitrogens with two attached hydrogens (primary N) is 1. The number of hydrogen-bond donors (Lipinski definition) is 6. The molecule has 9 atom stereocenters. The number of nitrogens with one attached hydrogen (secondary N) is 3. The van der Waals surface area contributed by atoms with Gasteiger partial charge in [0.05, 0.1) is 33.5 Å². The minimum Gasteiger partial charge on any atom is -0.394 e. The Balaban J connectivity index is 1.76. The smallest absolute Gasteiger partial charge is 0.390 e. The average Bonchev–Trinajstić information content (AvgIpc) is 3.56. The number of amides is 1. The van der Waals surface area contributed by atoms with Crippen molar-refractivity contribution in [1.29, 1.82) is 5.41 Å². The van der Waals surface area contributed by atoms with Crippen LogP contribution in [-0.4, -0.2) is 132 Å². The minimum atomic E-state index is -3.99. The standard InChI is InChI=1S/C21H39B3N5O10PS/c1-29-10(4-5-13(29)28-14(31)6-27-21(25)26)9-41-40(33,36-8-12-15(32)17(34-2)19(22)37-12)39-16-11(7-30)38-20(24-23)18(16)35-3/h4-5,11-12,15-20,24,30,32H,6-9,22-23H2,1-3H3,(H,28,31)(H4,25,26,27)/t11-,12-,15+,16+,17?,18?,19-,20-,40?/m1/s1. The highest BCUT2D eigenvalue weighted by molar-refractivity contribution is 8.54. The van der Waals surface area contributed by atoms with E-state index < -0.39 is 55.3 Å². The third-order valence-corrected chi connectivity index (χ3v) is 10.7. The summed E-state index contributed by atoms with van der Waals surface area (Å²) in [4.78, 5) is 12.1. The van der Waals surface area contributed by atoms with Crippen LogP contribution in [0.15, 0.2) is 12.1 Å². The highest BCUT2D eigenvalue weighted by atomic mass is 32.7. The Morgan fingerprint density at radius 3 is 2.56 bits per heavy atom. The Labute approximate surface area is 245 Å². The van der Waals surface area contributed by atoms with Crippen LogP contribution < -0.4 is 16.4 Å². The van der Waals surface area contributed by atoms with E-state index in [0.29, 0.717) is 18.7 Å². The van der Waals surface area contributed by atoms with E-state index in [2.05, 4.69) is 10.6 Å². The van der Waals surface area contributed by atoms with Gasteiger partial charge in [0.25, 0.3) is 0 Å². The Morgan fingerprint density at radius 1 is 1.27 bits per heavy atom. The fourth-order valence-electron chi connectivity index (χ4n) is 4.83. The van der Waals surface area contributed by atoms with E-state index in [9.17, 15) is 19.6 Å². The maximum atomic E-state index is 14.2. The van der Waals surface area contributed by atoms with Crippen LogP contribution in [0.4, 0.5) is 5.82 Å². The number of hydrogen-bond acceptors (Lipinski definition) is 12. The zero-order chi connectivity index (χ0) is 30.3. The lowest BCUT2D eigenvalue weighted by Crippen LogP contribution is -2.39. The fourth-order valence-corrected chi connectivity index (χ4v) is 8.25. The Hall–Kier alpha value is -1.53. The van der Waals surface area contributed by atoms with E-state index >= 15 is 0 Å². The Bertz CT molecular complexity index is 1090. The topological polar surface area (TPSA) is 209 Å². The van der Waals surface area contributed by atoms with Gasteiger partial charge in [0.2, 0.25) is 5.91 Å². The molecule has 15 nitrogen and oxygen atoms in total. The van der Waals surface area contributed by atoms with Crippen molar-refractivity contribution < 1.29 is 47.6 Å². The summed E-state index contributed by atoms with van der Waals surface area (Å²) in [6, 6.07) is 2.66. The second-order valence-corrected chi connectivity index (χ2v) is 13.8. The highest BCUT2D eigenvalue weighted by Crippen LogP contribution is 2.63. The molecule has 0 bridgehead atoms. The quantitative estimate of drug-likeness (QED) is 0.0493. The van der Waals surface area contributed by atoms with E-state index in [0.717, 1.165) is 11.4 Å². The first-order valence-corrected chi connectivity index (χ1v) is 16.3. The number of methoxy groups -OCH3 is 2. The van der Waals surface area contributed by atoms with E-state index in [1.807, 2.05) is 7.74 Å². The summed E-state index contributed by atoms with van der Waals surface area (Å²) in [6.45, 7) is -4.78. The van der Waals surface area contributed by atoms with Crippen molar-refractivity contribution in [3.8, 4) is 0 Å². The van der Waals surface area contributed by atoms with Gasteiger partial charge < -0.3 is 50.1 Å². The zero-order valence-electron chi connectivity index (χ0n) is 23.8. The molecule has 1 amide bonds. The number of guanidine groups is 1. The molecule has 3 rings (SSSR count). The van der Waals surface area contributed by atoms with Gasteiger partial charge in [-0.05, 0) is 23.5 Å². The molecule has 0 aromatic carbocycles. The first-order valence-electron chi connectivity index (χ1n) is 13.2. The van der Waals surface area contributed by atoms with E-state index in [1.165, 1.54) is 14.2 Å². The van der Waals surface area contributed by atoms with Crippen molar-refractivity contribution in [2.24, 2.45) is 12.8 Å². The molecule has 2 aliphatic heterocycles. The van der Waals surface area contributed by atoms with Crippen LogP contribution in [0.5, 0.6) is 0 Å². The molecule has 0 spiro atoms. The summed E-state index contributed by atoms with van der Waals surface area (Å²) >= 11 is 0.910. The van der Waals surface area contributed by atoms with Gasteiger partial charge in [-0.1, -0.05) is 0 Å². The second-order valence-electron chi connectivity index (χ2n) is 9.75. The summed E-state index contributed by atoms with van der Waals surface area (Å²) < 4.78 is 50.5. The molecule has 7 N–H and O–H groups in total. The molecule has 41 heavy (non-hydrogen) atoms. The number of rotatable bonds is 15. The lowest BCUT2D eigenvalue weighted by molar-refractivity contribution is -0.115. The molecule has 1 aromatic heterocycles. The van der Waals surface area contributed by atoms with Gasteiger partial charge in [-0.2, -0.15) is 0 Å². The van der Waals surface area contributed by atoms with Crippen LogP contribution in [0.2, 0.25) is 0 Å². The van der Waals surface area contributed by atoms with E-state index in [4.69, 9.17) is 39.1 Å². The molecule has 0 radical (unpaired) electrons. The van der Waals surface area contributed by atoms with Crippen molar-refractivity contribution in [2.75, 3.05) is 39.3 Å². The molecule has 228 valence electrons. The number of aromatic nitrogens is 1. The minimum absolute atomic E-state index is 0.159. The highest BCUT2D eigenvalue weighted by Gasteiger charge is 2.49. The summed E-state index contributed by atoms with van der Waals surface area (Å²) in [7, 11) is 8.95. The third-order valence-electron chi connectivity index (χ3n) is 7.05. The molecule has 3 unspecified atom stereocenters. The molecule has 0 aliphatic carbocycles. The molecule has 3 heterocycles. The van der Waals surface area contributed by atoms with Crippen molar-refractivity contribution in [3.63, 3.8) is 0 Å². The third kappa shape index (κ3) is 8.53. The van der Waals surface area contributed by atoms with E-state index in [1.54, 1.807) is 31.6 Å². The summed E-state index contributed by atoms with van der Waals surface area (Å²) in [5, 5.41) is 32.9. The SMILES string of the molecule is BB[C@@H]1O[C@H](CO)[C@H](OP(=O)(OC[C@H]2O[C@@H](B)C(OC)[C@H]2O)SCc2ccc(NC(=O)CNC(=N)N)n2C)C1OC. The Morgan fingerprint density at radius 2 is 1.98 bits per heavy atom.